The Hall–Kier alpha value is -1.68. The minimum Gasteiger partial charge on any atom is -0.322 e. The summed E-state index contributed by atoms with van der Waals surface area (Å²) in [5, 5.41) is 0.446. The van der Waals surface area contributed by atoms with Crippen LogP contribution in [0.5, 0.6) is 0 Å². The molecule has 1 unspecified atom stereocenters. The summed E-state index contributed by atoms with van der Waals surface area (Å²) in [5.74, 6) is -0.379. The molecular weight excluding hydrogens is 253 g/mol. The minimum atomic E-state index is -0.379. The molecule has 2 heterocycles. The van der Waals surface area contributed by atoms with Gasteiger partial charge in [-0.05, 0) is 12.8 Å². The van der Waals surface area contributed by atoms with E-state index in [9.17, 15) is 4.39 Å². The van der Waals surface area contributed by atoms with E-state index < -0.39 is 0 Å². The fraction of sp³-hybridized carbons (Fsp3) is 0.231. The first-order chi connectivity index (χ1) is 8.70. The van der Waals surface area contributed by atoms with Crippen molar-refractivity contribution in [2.75, 3.05) is 0 Å². The van der Waals surface area contributed by atoms with Gasteiger partial charge >= 0.3 is 0 Å². The molecule has 3 rings (SSSR count). The lowest BCUT2D eigenvalue weighted by Crippen LogP contribution is -2.02. The van der Waals surface area contributed by atoms with Crippen molar-refractivity contribution >= 4 is 22.6 Å². The maximum atomic E-state index is 13.9. The molecule has 0 radical (unpaired) electrons. The van der Waals surface area contributed by atoms with Crippen molar-refractivity contribution in [1.82, 2.24) is 14.5 Å². The molecule has 1 aliphatic rings. The monoisotopic (exact) mass is 263 g/mol. The van der Waals surface area contributed by atoms with Gasteiger partial charge in [0.15, 0.2) is 5.82 Å². The maximum Gasteiger partial charge on any atom is 0.153 e. The third-order valence-corrected chi connectivity index (χ3v) is 3.56. The van der Waals surface area contributed by atoms with Crippen LogP contribution >= 0.6 is 11.6 Å². The molecule has 5 heteroatoms. The number of halogens is 2. The van der Waals surface area contributed by atoms with Gasteiger partial charge in [0.05, 0.1) is 11.4 Å². The highest BCUT2D eigenvalue weighted by atomic mass is 35.5. The van der Waals surface area contributed by atoms with Gasteiger partial charge in [0.25, 0.3) is 0 Å². The first kappa shape index (κ1) is 11.4. The van der Waals surface area contributed by atoms with Crippen molar-refractivity contribution in [3.8, 4) is 0 Å². The zero-order chi connectivity index (χ0) is 12.7. The second kappa shape index (κ2) is 4.21. The fourth-order valence-corrected chi connectivity index (χ4v) is 2.59. The molecule has 1 atom stereocenters. The molecule has 18 heavy (non-hydrogen) atoms. The largest absolute Gasteiger partial charge is 0.322 e. The lowest BCUT2D eigenvalue weighted by Gasteiger charge is -2.10. The third-order valence-electron chi connectivity index (χ3n) is 3.27. The first-order valence-corrected chi connectivity index (χ1v) is 6.08. The Bertz CT molecular complexity index is 660. The number of allylic oxidation sites excluding steroid dienone is 3. The number of fused-ring (bicyclic) bond motifs is 1. The van der Waals surface area contributed by atoms with Crippen LogP contribution in [0.2, 0.25) is 5.15 Å². The summed E-state index contributed by atoms with van der Waals surface area (Å²) in [4.78, 5) is 7.94. The molecule has 0 N–H and O–H groups in total. The molecule has 0 fully saturated rings. The lowest BCUT2D eigenvalue weighted by molar-refractivity contribution is 0.579. The highest BCUT2D eigenvalue weighted by molar-refractivity contribution is 6.34. The van der Waals surface area contributed by atoms with Gasteiger partial charge in [0.2, 0.25) is 0 Å². The maximum absolute atomic E-state index is 13.9. The molecule has 0 aromatic carbocycles. The first-order valence-electron chi connectivity index (χ1n) is 5.70. The normalized spacial score (nSPS) is 19.2. The molecule has 3 nitrogen and oxygen atoms in total. The Balaban J connectivity index is 2.17. The Labute approximate surface area is 109 Å². The molecule has 0 aliphatic heterocycles. The fourth-order valence-electron chi connectivity index (χ4n) is 2.38. The topological polar surface area (TPSA) is 30.7 Å². The van der Waals surface area contributed by atoms with E-state index in [-0.39, 0.29) is 17.0 Å². The van der Waals surface area contributed by atoms with Crippen LogP contribution in [0, 0.1) is 5.82 Å². The molecule has 1 aliphatic carbocycles. The van der Waals surface area contributed by atoms with E-state index in [2.05, 4.69) is 22.6 Å². The van der Waals surface area contributed by atoms with Gasteiger partial charge in [-0.1, -0.05) is 35.9 Å². The van der Waals surface area contributed by atoms with E-state index >= 15 is 0 Å². The van der Waals surface area contributed by atoms with Crippen LogP contribution in [-0.4, -0.2) is 14.5 Å². The standard InChI is InChI=1S/C13H11ClFN3/c1-2-8-3-4-9(5-8)18-6-10(15)11-12(14)16-7-17-13(11)18/h2,5-7,9H,1,3-4H2. The summed E-state index contributed by atoms with van der Waals surface area (Å²) in [6.07, 6.45) is 8.60. The van der Waals surface area contributed by atoms with E-state index in [0.29, 0.717) is 11.0 Å². The van der Waals surface area contributed by atoms with Crippen LogP contribution in [0.4, 0.5) is 4.39 Å². The Kier molecular flexibility index (Phi) is 2.67. The van der Waals surface area contributed by atoms with Crippen LogP contribution in [0.3, 0.4) is 0 Å². The van der Waals surface area contributed by atoms with Crippen molar-refractivity contribution in [1.29, 1.82) is 0 Å². The van der Waals surface area contributed by atoms with Gasteiger partial charge in [0, 0.05) is 6.20 Å². The smallest absolute Gasteiger partial charge is 0.153 e. The highest BCUT2D eigenvalue weighted by Gasteiger charge is 2.21. The zero-order valence-electron chi connectivity index (χ0n) is 9.61. The SMILES string of the molecule is C=CC1=CC(n2cc(F)c3c(Cl)ncnc32)CC1. The summed E-state index contributed by atoms with van der Waals surface area (Å²) < 4.78 is 15.7. The Morgan fingerprint density at radius 3 is 3.06 bits per heavy atom. The summed E-state index contributed by atoms with van der Waals surface area (Å²) in [7, 11) is 0. The van der Waals surface area contributed by atoms with Crippen LogP contribution in [0.25, 0.3) is 11.0 Å². The molecule has 0 amide bonds. The van der Waals surface area contributed by atoms with Crippen molar-refractivity contribution in [3.63, 3.8) is 0 Å². The Morgan fingerprint density at radius 2 is 2.33 bits per heavy atom. The van der Waals surface area contributed by atoms with Crippen LogP contribution in [0.1, 0.15) is 18.9 Å². The Morgan fingerprint density at radius 1 is 1.50 bits per heavy atom. The molecule has 2 aromatic heterocycles. The van der Waals surface area contributed by atoms with Crippen molar-refractivity contribution < 1.29 is 4.39 Å². The lowest BCUT2D eigenvalue weighted by atomic mass is 10.2. The predicted molar refractivity (Wildman–Crippen MR) is 69.0 cm³/mol. The molecule has 92 valence electrons. The molecule has 0 bridgehead atoms. The van der Waals surface area contributed by atoms with E-state index in [1.54, 1.807) is 0 Å². The van der Waals surface area contributed by atoms with Gasteiger partial charge in [0.1, 0.15) is 17.1 Å². The minimum absolute atomic E-state index is 0.107. The van der Waals surface area contributed by atoms with E-state index in [4.69, 9.17) is 11.6 Å². The second-order valence-electron chi connectivity index (χ2n) is 4.30. The van der Waals surface area contributed by atoms with Gasteiger partial charge in [-0.15, -0.1) is 0 Å². The van der Waals surface area contributed by atoms with Gasteiger partial charge in [-0.3, -0.25) is 0 Å². The van der Waals surface area contributed by atoms with Gasteiger partial charge in [-0.25, -0.2) is 14.4 Å². The average molecular weight is 264 g/mol. The highest BCUT2D eigenvalue weighted by Crippen LogP contribution is 2.33. The van der Waals surface area contributed by atoms with Crippen LogP contribution < -0.4 is 0 Å². The van der Waals surface area contributed by atoms with Crippen LogP contribution in [-0.2, 0) is 0 Å². The summed E-state index contributed by atoms with van der Waals surface area (Å²) in [6, 6.07) is 0.107. The molecular formula is C13H11ClFN3. The van der Waals surface area contributed by atoms with E-state index in [1.807, 2.05) is 10.6 Å². The number of nitrogens with zero attached hydrogens (tertiary/aromatic N) is 3. The van der Waals surface area contributed by atoms with Crippen molar-refractivity contribution in [2.24, 2.45) is 0 Å². The third kappa shape index (κ3) is 1.64. The number of hydrogen-bond donors (Lipinski definition) is 0. The second-order valence-corrected chi connectivity index (χ2v) is 4.66. The molecule has 2 aromatic rings. The average Bonchev–Trinajstić information content (AvgIpc) is 2.94. The van der Waals surface area contributed by atoms with Gasteiger partial charge < -0.3 is 4.57 Å². The summed E-state index contributed by atoms with van der Waals surface area (Å²) >= 11 is 5.90. The summed E-state index contributed by atoms with van der Waals surface area (Å²) in [5.41, 5.74) is 1.72. The zero-order valence-corrected chi connectivity index (χ0v) is 10.4. The molecule has 0 spiro atoms. The number of aromatic nitrogens is 3. The van der Waals surface area contributed by atoms with Crippen LogP contribution in [0.15, 0.2) is 36.8 Å². The van der Waals surface area contributed by atoms with Gasteiger partial charge in [-0.2, -0.15) is 0 Å². The van der Waals surface area contributed by atoms with E-state index in [1.165, 1.54) is 18.1 Å². The molecule has 0 saturated heterocycles. The number of rotatable bonds is 2. The quantitative estimate of drug-likeness (QED) is 0.774. The molecule has 0 saturated carbocycles. The van der Waals surface area contributed by atoms with Crippen molar-refractivity contribution in [2.45, 2.75) is 18.9 Å². The number of hydrogen-bond acceptors (Lipinski definition) is 2. The van der Waals surface area contributed by atoms with Crippen molar-refractivity contribution in [3.05, 3.63) is 47.8 Å². The summed E-state index contributed by atoms with van der Waals surface area (Å²) in [6.45, 7) is 3.75. The van der Waals surface area contributed by atoms with E-state index in [0.717, 1.165) is 12.8 Å². The predicted octanol–water partition coefficient (Wildman–Crippen LogP) is 3.67.